The average Bonchev–Trinajstić information content (AvgIpc) is 3.41. The molecule has 2 aromatic carbocycles. The summed E-state index contributed by atoms with van der Waals surface area (Å²) in [7, 11) is 0. The third-order valence-electron chi connectivity index (χ3n) is 4.81. The smallest absolute Gasteiger partial charge is 0.194 e. The molecular weight excluding hydrogens is 400 g/mol. The molecule has 1 aromatic heterocycles. The van der Waals surface area contributed by atoms with Gasteiger partial charge in [0.2, 0.25) is 0 Å². The Labute approximate surface area is 180 Å². The van der Waals surface area contributed by atoms with Crippen molar-refractivity contribution in [2.75, 3.05) is 19.8 Å². The Balaban J connectivity index is 1.35. The van der Waals surface area contributed by atoms with Crippen LogP contribution in [0.25, 0.3) is 11.3 Å². The van der Waals surface area contributed by atoms with Crippen molar-refractivity contribution in [3.8, 4) is 17.0 Å². The lowest BCUT2D eigenvalue weighted by Gasteiger charge is -2.21. The summed E-state index contributed by atoms with van der Waals surface area (Å²) in [6.45, 7) is 4.31. The molecular formula is C23H24N2O4S. The highest BCUT2D eigenvalue weighted by Crippen LogP contribution is 2.31. The van der Waals surface area contributed by atoms with E-state index in [0.29, 0.717) is 12.5 Å². The molecule has 0 bridgehead atoms. The van der Waals surface area contributed by atoms with Gasteiger partial charge in [-0.1, -0.05) is 30.8 Å². The van der Waals surface area contributed by atoms with Gasteiger partial charge in [-0.15, -0.1) is 0 Å². The summed E-state index contributed by atoms with van der Waals surface area (Å²) in [4.78, 5) is 11.1. The Hall–Kier alpha value is -2.77. The zero-order valence-electron chi connectivity index (χ0n) is 17.0. The summed E-state index contributed by atoms with van der Waals surface area (Å²) in [5.74, 6) is 2.07. The van der Waals surface area contributed by atoms with Gasteiger partial charge >= 0.3 is 0 Å². The van der Waals surface area contributed by atoms with Crippen molar-refractivity contribution in [1.29, 1.82) is 0 Å². The zero-order chi connectivity index (χ0) is 21.0. The van der Waals surface area contributed by atoms with E-state index >= 15 is 0 Å². The fourth-order valence-corrected chi connectivity index (χ4v) is 3.91. The highest BCUT2D eigenvalue weighted by atomic mass is 32.2. The van der Waals surface area contributed by atoms with Gasteiger partial charge < -0.3 is 19.0 Å². The number of nitrogens with zero attached hydrogens (tertiary/aromatic N) is 2. The second-order valence-corrected chi connectivity index (χ2v) is 8.32. The van der Waals surface area contributed by atoms with Gasteiger partial charge in [-0.3, -0.25) is 0 Å². The second-order valence-electron chi connectivity index (χ2n) is 7.17. The number of oxazole rings is 1. The van der Waals surface area contributed by atoms with Gasteiger partial charge in [0.25, 0.3) is 0 Å². The molecule has 0 spiro atoms. The van der Waals surface area contributed by atoms with Crippen molar-refractivity contribution in [3.05, 3.63) is 60.7 Å². The second kappa shape index (κ2) is 8.93. The van der Waals surface area contributed by atoms with Gasteiger partial charge in [-0.2, -0.15) is 0 Å². The van der Waals surface area contributed by atoms with E-state index < -0.39 is 5.54 Å². The monoisotopic (exact) mass is 424 g/mol. The number of aliphatic hydroxyl groups excluding tert-OH is 1. The Morgan fingerprint density at radius 1 is 1.10 bits per heavy atom. The van der Waals surface area contributed by atoms with E-state index in [2.05, 4.69) is 34.2 Å². The van der Waals surface area contributed by atoms with E-state index in [1.165, 1.54) is 0 Å². The maximum atomic E-state index is 9.65. The third kappa shape index (κ3) is 4.68. The zero-order valence-corrected chi connectivity index (χ0v) is 17.8. The predicted molar refractivity (Wildman–Crippen MR) is 116 cm³/mol. The number of aliphatic hydroxyl groups is 1. The summed E-state index contributed by atoms with van der Waals surface area (Å²) in [6, 6.07) is 16.2. The van der Waals surface area contributed by atoms with Gasteiger partial charge in [-0.25, -0.2) is 9.98 Å². The molecule has 7 heteroatoms. The minimum atomic E-state index is -0.707. The number of rotatable bonds is 8. The molecule has 1 aliphatic heterocycles. The van der Waals surface area contributed by atoms with E-state index in [9.17, 15) is 5.11 Å². The van der Waals surface area contributed by atoms with Crippen LogP contribution in [-0.2, 0) is 11.2 Å². The normalized spacial score (nSPS) is 18.2. The van der Waals surface area contributed by atoms with Crippen molar-refractivity contribution in [1.82, 2.24) is 4.98 Å². The third-order valence-corrected chi connectivity index (χ3v) is 5.83. The van der Waals surface area contributed by atoms with Gasteiger partial charge in [0, 0.05) is 28.7 Å². The van der Waals surface area contributed by atoms with Crippen LogP contribution in [0.4, 0.5) is 0 Å². The van der Waals surface area contributed by atoms with E-state index in [-0.39, 0.29) is 13.2 Å². The van der Waals surface area contributed by atoms with Crippen LogP contribution in [0.5, 0.6) is 5.75 Å². The fraction of sp³-hybridized carbons (Fsp3) is 0.304. The van der Waals surface area contributed by atoms with E-state index in [1.54, 1.807) is 24.9 Å². The number of aliphatic imine (C=N–C) groups is 1. The van der Waals surface area contributed by atoms with Crippen LogP contribution in [0.3, 0.4) is 0 Å². The number of hydrogen-bond acceptors (Lipinski definition) is 7. The predicted octanol–water partition coefficient (Wildman–Crippen LogP) is 4.61. The molecule has 1 atom stereocenters. The summed E-state index contributed by atoms with van der Waals surface area (Å²) >= 11 is 1.68. The Morgan fingerprint density at radius 3 is 2.37 bits per heavy atom. The van der Waals surface area contributed by atoms with Crippen molar-refractivity contribution in [2.45, 2.75) is 35.6 Å². The maximum Gasteiger partial charge on any atom is 0.194 e. The van der Waals surface area contributed by atoms with Crippen molar-refractivity contribution in [3.63, 3.8) is 0 Å². The van der Waals surface area contributed by atoms with Crippen LogP contribution in [0.15, 0.2) is 74.0 Å². The molecule has 0 radical (unpaired) electrons. The summed E-state index contributed by atoms with van der Waals surface area (Å²) in [5, 5.41) is 9.65. The SMILES string of the molecule is CCc1nc(-c2ccc(Sc3ccc(OCC4(CO)COC(C)=N4)cc3)cc2)co1. The molecule has 1 aliphatic rings. The molecule has 4 rings (SSSR count). The first-order chi connectivity index (χ1) is 14.6. The molecule has 0 fully saturated rings. The number of hydrogen-bond donors (Lipinski definition) is 1. The van der Waals surface area contributed by atoms with Crippen molar-refractivity contribution in [2.24, 2.45) is 4.99 Å². The minimum Gasteiger partial charge on any atom is -0.491 e. The van der Waals surface area contributed by atoms with Crippen LogP contribution in [0, 0.1) is 0 Å². The summed E-state index contributed by atoms with van der Waals surface area (Å²) in [5.41, 5.74) is 1.19. The van der Waals surface area contributed by atoms with Crippen LogP contribution < -0.4 is 4.74 Å². The number of ether oxygens (including phenoxy) is 2. The van der Waals surface area contributed by atoms with E-state index in [0.717, 1.165) is 39.1 Å². The number of aromatic nitrogens is 1. The Kier molecular flexibility index (Phi) is 6.11. The highest BCUT2D eigenvalue weighted by Gasteiger charge is 2.36. The standard InChI is InChI=1S/C23H24N2O4S/c1-3-22-24-21(12-27-22)17-4-8-19(9-5-17)30-20-10-6-18(7-11-20)29-15-23(13-26)14-28-16(2)25-23/h4-12,26H,3,13-15H2,1-2H3. The summed E-state index contributed by atoms with van der Waals surface area (Å²) < 4.78 is 16.6. The first kappa shape index (κ1) is 20.5. The van der Waals surface area contributed by atoms with E-state index in [4.69, 9.17) is 13.9 Å². The van der Waals surface area contributed by atoms with Crippen LogP contribution in [-0.4, -0.2) is 41.3 Å². The first-order valence-corrected chi connectivity index (χ1v) is 10.7. The molecule has 1 unspecified atom stereocenters. The molecule has 3 aromatic rings. The number of benzene rings is 2. The molecule has 2 heterocycles. The molecule has 1 N–H and O–H groups in total. The molecule has 0 saturated carbocycles. The van der Waals surface area contributed by atoms with Crippen LogP contribution in [0.2, 0.25) is 0 Å². The Bertz CT molecular complexity index is 1010. The minimum absolute atomic E-state index is 0.109. The van der Waals surface area contributed by atoms with Crippen molar-refractivity contribution >= 4 is 17.7 Å². The molecule has 156 valence electrons. The van der Waals surface area contributed by atoms with E-state index in [1.807, 2.05) is 31.2 Å². The van der Waals surface area contributed by atoms with Gasteiger partial charge in [0.1, 0.15) is 30.9 Å². The average molecular weight is 425 g/mol. The fourth-order valence-electron chi connectivity index (χ4n) is 3.10. The largest absolute Gasteiger partial charge is 0.491 e. The lowest BCUT2D eigenvalue weighted by Crippen LogP contribution is -2.39. The maximum absolute atomic E-state index is 9.65. The highest BCUT2D eigenvalue weighted by molar-refractivity contribution is 7.99. The summed E-state index contributed by atoms with van der Waals surface area (Å²) in [6.07, 6.45) is 2.49. The molecule has 0 saturated heterocycles. The molecule has 30 heavy (non-hydrogen) atoms. The lowest BCUT2D eigenvalue weighted by atomic mass is 10.1. The van der Waals surface area contributed by atoms with Gasteiger partial charge in [0.05, 0.1) is 6.61 Å². The first-order valence-electron chi connectivity index (χ1n) is 9.85. The molecule has 0 amide bonds. The van der Waals surface area contributed by atoms with Crippen molar-refractivity contribution < 1.29 is 19.0 Å². The van der Waals surface area contributed by atoms with Crippen LogP contribution >= 0.6 is 11.8 Å². The molecule has 0 aliphatic carbocycles. The van der Waals surface area contributed by atoms with Crippen LogP contribution in [0.1, 0.15) is 19.7 Å². The van der Waals surface area contributed by atoms with Gasteiger partial charge in [0.15, 0.2) is 17.3 Å². The van der Waals surface area contributed by atoms with Gasteiger partial charge in [-0.05, 0) is 36.4 Å². The topological polar surface area (TPSA) is 77.1 Å². The lowest BCUT2D eigenvalue weighted by molar-refractivity contribution is 0.107. The Morgan fingerprint density at radius 2 is 1.80 bits per heavy atom. The molecule has 6 nitrogen and oxygen atoms in total. The number of aryl methyl sites for hydroxylation is 1. The quantitative estimate of drug-likeness (QED) is 0.569.